The molecule has 0 saturated heterocycles. The average molecular weight is 515 g/mol. The highest BCUT2D eigenvalue weighted by Gasteiger charge is 2.30. The molecule has 4 rings (SSSR count). The molecule has 196 valence electrons. The van der Waals surface area contributed by atoms with Crippen LogP contribution in [0.5, 0.6) is 0 Å². The number of benzene rings is 3. The maximum absolute atomic E-state index is 14.0. The summed E-state index contributed by atoms with van der Waals surface area (Å²) in [5.74, 6) is -1.99. The SMILES string of the molecule is CC(C)c1c(C(=O)Nc2ccccc2)c(-c2ccccc2)c(-c2ccc(F)cc2)n1CCC[C@@H](O)C(=O)O. The molecular formula is C31H31FN2O4. The van der Waals surface area contributed by atoms with Gasteiger partial charge in [-0.3, -0.25) is 4.79 Å². The number of carboxylic acids is 1. The maximum atomic E-state index is 14.0. The van der Waals surface area contributed by atoms with E-state index < -0.39 is 12.1 Å². The van der Waals surface area contributed by atoms with E-state index in [1.54, 1.807) is 12.1 Å². The number of carbonyl (C=O) groups is 2. The molecule has 0 aliphatic heterocycles. The quantitative estimate of drug-likeness (QED) is 0.223. The second-order valence-electron chi connectivity index (χ2n) is 9.48. The van der Waals surface area contributed by atoms with Gasteiger partial charge in [-0.25, -0.2) is 9.18 Å². The van der Waals surface area contributed by atoms with E-state index in [9.17, 15) is 19.1 Å². The lowest BCUT2D eigenvalue weighted by molar-refractivity contribution is -0.147. The van der Waals surface area contributed by atoms with E-state index >= 15 is 0 Å². The van der Waals surface area contributed by atoms with Crippen LogP contribution in [-0.4, -0.2) is 32.8 Å². The summed E-state index contributed by atoms with van der Waals surface area (Å²) in [6, 6.07) is 24.9. The summed E-state index contributed by atoms with van der Waals surface area (Å²) >= 11 is 0. The van der Waals surface area contributed by atoms with Gasteiger partial charge in [0.15, 0.2) is 6.10 Å². The lowest BCUT2D eigenvalue weighted by Crippen LogP contribution is -2.20. The Bertz CT molecular complexity index is 1400. The number of carboxylic acid groups (broad SMARTS) is 1. The molecule has 0 radical (unpaired) electrons. The van der Waals surface area contributed by atoms with Crippen molar-refractivity contribution >= 4 is 17.6 Å². The maximum Gasteiger partial charge on any atom is 0.332 e. The van der Waals surface area contributed by atoms with E-state index in [0.29, 0.717) is 29.8 Å². The molecule has 0 bridgehead atoms. The first-order chi connectivity index (χ1) is 18.3. The molecule has 3 N–H and O–H groups in total. The highest BCUT2D eigenvalue weighted by Crippen LogP contribution is 2.42. The summed E-state index contributed by atoms with van der Waals surface area (Å²) in [5, 5.41) is 22.0. The van der Waals surface area contributed by atoms with Crippen LogP contribution in [0.2, 0.25) is 0 Å². The number of halogens is 1. The minimum atomic E-state index is -1.48. The number of nitrogens with one attached hydrogen (secondary N) is 1. The van der Waals surface area contributed by atoms with Crippen molar-refractivity contribution in [3.8, 4) is 22.4 Å². The third-order valence-corrected chi connectivity index (χ3v) is 6.43. The molecule has 3 aromatic carbocycles. The van der Waals surface area contributed by atoms with Gasteiger partial charge in [-0.05, 0) is 66.3 Å². The van der Waals surface area contributed by atoms with Crippen molar-refractivity contribution < 1.29 is 24.2 Å². The predicted molar refractivity (Wildman–Crippen MR) is 147 cm³/mol. The summed E-state index contributed by atoms with van der Waals surface area (Å²) < 4.78 is 15.9. The zero-order chi connectivity index (χ0) is 27.2. The Morgan fingerprint density at radius 2 is 1.50 bits per heavy atom. The number of anilines is 1. The number of amides is 1. The zero-order valence-corrected chi connectivity index (χ0v) is 21.4. The molecule has 0 saturated carbocycles. The van der Waals surface area contributed by atoms with Gasteiger partial charge in [0, 0.05) is 23.5 Å². The highest BCUT2D eigenvalue weighted by atomic mass is 19.1. The fourth-order valence-electron chi connectivity index (χ4n) is 4.77. The second kappa shape index (κ2) is 11.9. The number of carbonyl (C=O) groups excluding carboxylic acids is 1. The molecule has 1 aromatic heterocycles. The number of nitrogens with zero attached hydrogens (tertiary/aromatic N) is 1. The number of aliphatic hydroxyl groups excluding tert-OH is 1. The number of aliphatic hydroxyl groups is 1. The van der Waals surface area contributed by atoms with Crippen molar-refractivity contribution in [3.05, 3.63) is 102 Å². The molecule has 0 spiro atoms. The number of aliphatic carboxylic acids is 1. The standard InChI is InChI=1S/C31H31FN2O4/c1-20(2)28-27(30(36)33-24-12-7-4-8-13-24)26(21-10-5-3-6-11-21)29(22-15-17-23(32)18-16-22)34(28)19-9-14-25(35)31(37)38/h3-8,10-13,15-18,20,25,35H,9,14,19H2,1-2H3,(H,33,36)(H,37,38)/t25-/m1/s1. The van der Waals surface area contributed by atoms with Gasteiger partial charge < -0.3 is 20.1 Å². The largest absolute Gasteiger partial charge is 0.479 e. The lowest BCUT2D eigenvalue weighted by Gasteiger charge is -2.18. The molecule has 0 fully saturated rings. The molecule has 1 atom stereocenters. The topological polar surface area (TPSA) is 91.6 Å². The van der Waals surface area contributed by atoms with Crippen molar-refractivity contribution in [1.82, 2.24) is 4.57 Å². The molecule has 0 unspecified atom stereocenters. The Morgan fingerprint density at radius 3 is 2.08 bits per heavy atom. The summed E-state index contributed by atoms with van der Waals surface area (Å²) in [7, 11) is 0. The molecule has 0 aliphatic rings. The van der Waals surface area contributed by atoms with Gasteiger partial charge in [0.25, 0.3) is 5.91 Å². The number of para-hydroxylation sites is 1. The van der Waals surface area contributed by atoms with Gasteiger partial charge in [-0.2, -0.15) is 0 Å². The Hall–Kier alpha value is -4.23. The van der Waals surface area contributed by atoms with Crippen LogP contribution in [-0.2, 0) is 11.3 Å². The van der Waals surface area contributed by atoms with Gasteiger partial charge in [-0.15, -0.1) is 0 Å². The molecule has 1 amide bonds. The second-order valence-corrected chi connectivity index (χ2v) is 9.48. The molecule has 0 aliphatic carbocycles. The van der Waals surface area contributed by atoms with Crippen molar-refractivity contribution in [2.24, 2.45) is 0 Å². The molecule has 7 heteroatoms. The van der Waals surface area contributed by atoms with E-state index in [0.717, 1.165) is 22.5 Å². The molecular weight excluding hydrogens is 483 g/mol. The third kappa shape index (κ3) is 5.84. The Kier molecular flexibility index (Phi) is 8.38. The van der Waals surface area contributed by atoms with E-state index in [4.69, 9.17) is 5.11 Å². The molecule has 38 heavy (non-hydrogen) atoms. The van der Waals surface area contributed by atoms with Gasteiger partial charge in [-0.1, -0.05) is 62.4 Å². The summed E-state index contributed by atoms with van der Waals surface area (Å²) in [6.45, 7) is 4.36. The zero-order valence-electron chi connectivity index (χ0n) is 21.4. The van der Waals surface area contributed by atoms with E-state index in [1.165, 1.54) is 12.1 Å². The lowest BCUT2D eigenvalue weighted by atomic mass is 9.94. The monoisotopic (exact) mass is 514 g/mol. The van der Waals surface area contributed by atoms with Crippen LogP contribution in [0.1, 0.15) is 48.7 Å². The van der Waals surface area contributed by atoms with Gasteiger partial charge in [0.1, 0.15) is 5.82 Å². The van der Waals surface area contributed by atoms with Gasteiger partial charge >= 0.3 is 5.97 Å². The van der Waals surface area contributed by atoms with E-state index in [1.807, 2.05) is 79.1 Å². The Labute approximate surface area is 221 Å². The van der Waals surface area contributed by atoms with Crippen molar-refractivity contribution in [1.29, 1.82) is 0 Å². The number of hydrogen-bond acceptors (Lipinski definition) is 3. The van der Waals surface area contributed by atoms with Crippen molar-refractivity contribution in [2.45, 2.75) is 45.3 Å². The minimum Gasteiger partial charge on any atom is -0.479 e. The van der Waals surface area contributed by atoms with Gasteiger partial charge in [0.05, 0.1) is 11.3 Å². The Balaban J connectivity index is 1.96. The first kappa shape index (κ1) is 26.8. The van der Waals surface area contributed by atoms with Gasteiger partial charge in [0.2, 0.25) is 0 Å². The molecule has 1 heterocycles. The van der Waals surface area contributed by atoms with Crippen LogP contribution in [0.25, 0.3) is 22.4 Å². The summed E-state index contributed by atoms with van der Waals surface area (Å²) in [5.41, 5.74) is 4.96. The number of hydrogen-bond donors (Lipinski definition) is 3. The van der Waals surface area contributed by atoms with E-state index in [-0.39, 0.29) is 24.1 Å². The predicted octanol–water partition coefficient (Wildman–Crippen LogP) is 6.56. The summed E-state index contributed by atoms with van der Waals surface area (Å²) in [6.07, 6.45) is -1.05. The van der Waals surface area contributed by atoms with Crippen LogP contribution < -0.4 is 5.32 Å². The van der Waals surface area contributed by atoms with Crippen LogP contribution >= 0.6 is 0 Å². The van der Waals surface area contributed by atoms with Crippen molar-refractivity contribution in [2.75, 3.05) is 5.32 Å². The molecule has 6 nitrogen and oxygen atoms in total. The first-order valence-electron chi connectivity index (χ1n) is 12.6. The highest BCUT2D eigenvalue weighted by molar-refractivity contribution is 6.12. The van der Waals surface area contributed by atoms with Crippen LogP contribution in [0.15, 0.2) is 84.9 Å². The van der Waals surface area contributed by atoms with E-state index in [2.05, 4.69) is 5.32 Å². The normalized spacial score (nSPS) is 11.9. The minimum absolute atomic E-state index is 0.0557. The molecule has 4 aromatic rings. The van der Waals surface area contributed by atoms with Crippen LogP contribution in [0.4, 0.5) is 10.1 Å². The fraction of sp³-hybridized carbons (Fsp3) is 0.226. The fourth-order valence-corrected chi connectivity index (χ4v) is 4.77. The number of rotatable bonds is 10. The van der Waals surface area contributed by atoms with Crippen LogP contribution in [0.3, 0.4) is 0 Å². The van der Waals surface area contributed by atoms with Crippen LogP contribution in [0, 0.1) is 5.82 Å². The smallest absolute Gasteiger partial charge is 0.332 e. The van der Waals surface area contributed by atoms with Crippen molar-refractivity contribution in [3.63, 3.8) is 0 Å². The third-order valence-electron chi connectivity index (χ3n) is 6.43. The average Bonchev–Trinajstić information content (AvgIpc) is 3.25. The summed E-state index contributed by atoms with van der Waals surface area (Å²) in [4.78, 5) is 25.2. The first-order valence-corrected chi connectivity index (χ1v) is 12.6. The number of aromatic nitrogens is 1. The Morgan fingerprint density at radius 1 is 0.895 bits per heavy atom.